The first-order valence-electron chi connectivity index (χ1n) is 5.93. The predicted molar refractivity (Wildman–Crippen MR) is 69.8 cm³/mol. The van der Waals surface area contributed by atoms with Crippen LogP contribution in [0.25, 0.3) is 0 Å². The minimum Gasteiger partial charge on any atom is -0.278 e. The van der Waals surface area contributed by atoms with Gasteiger partial charge in [0.15, 0.2) is 6.67 Å². The van der Waals surface area contributed by atoms with E-state index in [0.29, 0.717) is 6.67 Å². The van der Waals surface area contributed by atoms with Crippen molar-refractivity contribution in [3.63, 3.8) is 0 Å². The van der Waals surface area contributed by atoms with Crippen LogP contribution in [0.2, 0.25) is 0 Å². The highest BCUT2D eigenvalue weighted by Gasteiger charge is 2.04. The summed E-state index contributed by atoms with van der Waals surface area (Å²) >= 11 is 0. The smallest absolute Gasteiger partial charge is 0.278 e. The van der Waals surface area contributed by atoms with Crippen LogP contribution < -0.4 is 31.3 Å². The van der Waals surface area contributed by atoms with Gasteiger partial charge in [-0.1, -0.05) is 6.42 Å². The molecule has 0 atom stereocenters. The van der Waals surface area contributed by atoms with E-state index in [2.05, 4.69) is 37.3 Å². The molecule has 6 nitrogen and oxygen atoms in total. The highest BCUT2D eigenvalue weighted by atomic mass is 15.2. The second kappa shape index (κ2) is 10.6. The van der Waals surface area contributed by atoms with Gasteiger partial charge in [0.25, 0.3) is 0 Å². The van der Waals surface area contributed by atoms with Crippen molar-refractivity contribution < 1.29 is 9.98 Å². The van der Waals surface area contributed by atoms with E-state index in [1.54, 1.807) is 0 Å². The zero-order valence-electron chi connectivity index (χ0n) is 10.9. The Hall–Kier alpha value is -1.90. The fourth-order valence-electron chi connectivity index (χ4n) is 1.16. The first-order valence-corrected chi connectivity index (χ1v) is 5.93. The van der Waals surface area contributed by atoms with Crippen molar-refractivity contribution in [2.75, 3.05) is 26.3 Å². The lowest BCUT2D eigenvalue weighted by Gasteiger charge is -2.03. The van der Waals surface area contributed by atoms with Crippen molar-refractivity contribution >= 4 is 11.9 Å². The molecule has 0 rings (SSSR count). The Morgan fingerprint density at radius 3 is 1.94 bits per heavy atom. The number of hydrogen-bond acceptors (Lipinski definition) is 0. The molecule has 0 saturated carbocycles. The van der Waals surface area contributed by atoms with Crippen LogP contribution in [0.4, 0.5) is 0 Å². The van der Waals surface area contributed by atoms with Crippen molar-refractivity contribution in [2.45, 2.75) is 20.8 Å². The lowest BCUT2D eigenvalue weighted by atomic mass is 10.6. The third-order valence-electron chi connectivity index (χ3n) is 1.79. The molecule has 6 N–H and O–H groups in total. The minimum atomic E-state index is 0.562. The molecule has 0 bridgehead atoms. The van der Waals surface area contributed by atoms with E-state index in [0.717, 1.165) is 31.6 Å². The summed E-state index contributed by atoms with van der Waals surface area (Å²) in [5, 5.41) is 12.6. The summed E-state index contributed by atoms with van der Waals surface area (Å²) in [5.74, 6) is 1.62. The summed E-state index contributed by atoms with van der Waals surface area (Å²) in [5.41, 5.74) is 0. The molecule has 0 radical (unpaired) electrons. The Bertz CT molecular complexity index is 281. The summed E-state index contributed by atoms with van der Waals surface area (Å²) in [4.78, 5) is 5.94. The van der Waals surface area contributed by atoms with Gasteiger partial charge in [-0.2, -0.15) is 0 Å². The average Bonchev–Trinajstić information content (AvgIpc) is 2.30. The topological polar surface area (TPSA) is 76.1 Å². The minimum absolute atomic E-state index is 0.562. The second-order valence-corrected chi connectivity index (χ2v) is 3.14. The molecule has 17 heavy (non-hydrogen) atoms. The van der Waals surface area contributed by atoms with Gasteiger partial charge in [-0.25, -0.2) is 15.3 Å². The van der Waals surface area contributed by atoms with Gasteiger partial charge in [0, 0.05) is 0 Å². The van der Waals surface area contributed by atoms with Crippen LogP contribution >= 0.6 is 0 Å². The highest BCUT2D eigenvalue weighted by Crippen LogP contribution is 1.54. The lowest BCUT2D eigenvalue weighted by Crippen LogP contribution is -2.85. The maximum atomic E-state index is 5.17. The number of hydrogen-bond donors (Lipinski definition) is 6. The molecule has 6 heteroatoms. The molecule has 0 aromatic rings. The number of nitrogens with one attached hydrogen (secondary N) is 6. The fourth-order valence-corrected chi connectivity index (χ4v) is 1.16. The van der Waals surface area contributed by atoms with Crippen LogP contribution in [-0.4, -0.2) is 38.2 Å². The lowest BCUT2D eigenvalue weighted by molar-refractivity contribution is -0.467. The summed E-state index contributed by atoms with van der Waals surface area (Å²) in [6, 6.07) is 2.36. The van der Waals surface area contributed by atoms with E-state index in [-0.39, 0.29) is 0 Å². The van der Waals surface area contributed by atoms with Crippen LogP contribution in [0, 0.1) is 12.5 Å². The van der Waals surface area contributed by atoms with E-state index in [4.69, 9.17) is 6.42 Å². The van der Waals surface area contributed by atoms with Gasteiger partial charge in [-0.15, -0.1) is 0 Å². The molecule has 0 amide bonds. The monoisotopic (exact) mass is 240 g/mol. The van der Waals surface area contributed by atoms with Crippen molar-refractivity contribution in [1.82, 2.24) is 21.3 Å². The Balaban J connectivity index is 4.18. The molecular weight excluding hydrogens is 216 g/mol. The molecule has 0 aromatic heterocycles. The molecule has 0 aromatic carbocycles. The van der Waals surface area contributed by atoms with Crippen LogP contribution in [-0.2, 0) is 0 Å². The van der Waals surface area contributed by atoms with Gasteiger partial charge in [0.2, 0.25) is 0 Å². The standard InChI is InChI=1S/C11H22N6/c1-5-12-10(13-6-2)16-9-17-11(14-7-3)15-8-4/h1H,6-9H2,2-4H3,(H2,12,13,16)(H2,14,15,17)/p+2. The second-order valence-electron chi connectivity index (χ2n) is 3.14. The summed E-state index contributed by atoms with van der Waals surface area (Å²) in [7, 11) is 0. The van der Waals surface area contributed by atoms with E-state index >= 15 is 0 Å². The third-order valence-corrected chi connectivity index (χ3v) is 1.79. The molecule has 96 valence electrons. The van der Waals surface area contributed by atoms with E-state index in [1.807, 2.05) is 20.8 Å². The third kappa shape index (κ3) is 7.96. The van der Waals surface area contributed by atoms with Gasteiger partial charge in [-0.3, -0.25) is 16.0 Å². The SMILES string of the molecule is C#C[NH+]=C(NCC)NC[NH+]=C(NCC)NCC. The van der Waals surface area contributed by atoms with Crippen LogP contribution in [0.5, 0.6) is 0 Å². The Morgan fingerprint density at radius 1 is 0.941 bits per heavy atom. The zero-order chi connectivity index (χ0) is 12.9. The maximum Gasteiger partial charge on any atom is 0.358 e. The van der Waals surface area contributed by atoms with Gasteiger partial charge < -0.3 is 0 Å². The average molecular weight is 240 g/mol. The van der Waals surface area contributed by atoms with Crippen LogP contribution in [0.15, 0.2) is 0 Å². The summed E-state index contributed by atoms with van der Waals surface area (Å²) in [6.07, 6.45) is 5.17. The highest BCUT2D eigenvalue weighted by molar-refractivity contribution is 5.75. The fraction of sp³-hybridized carbons (Fsp3) is 0.636. The molecule has 0 saturated heterocycles. The Kier molecular flexibility index (Phi) is 9.43. The van der Waals surface area contributed by atoms with E-state index in [1.165, 1.54) is 0 Å². The molecule has 0 aliphatic heterocycles. The molecule has 0 spiro atoms. The van der Waals surface area contributed by atoms with Gasteiger partial charge in [0.05, 0.1) is 25.7 Å². The van der Waals surface area contributed by atoms with E-state index in [9.17, 15) is 0 Å². The summed E-state index contributed by atoms with van der Waals surface area (Å²) in [6.45, 7) is 9.18. The number of guanidine groups is 2. The van der Waals surface area contributed by atoms with Crippen molar-refractivity contribution in [2.24, 2.45) is 0 Å². The molecule has 0 aliphatic rings. The molecule has 0 heterocycles. The predicted octanol–water partition coefficient (Wildman–Crippen LogP) is -4.17. The van der Waals surface area contributed by atoms with E-state index < -0.39 is 0 Å². The quantitative estimate of drug-likeness (QED) is 0.0969. The Labute approximate surface area is 103 Å². The normalized spacial score (nSPS) is 10.1. The Morgan fingerprint density at radius 2 is 1.47 bits per heavy atom. The molecule has 0 unspecified atom stereocenters. The largest absolute Gasteiger partial charge is 0.358 e. The molecule has 0 fully saturated rings. The number of terminal acetylenes is 1. The van der Waals surface area contributed by atoms with Crippen LogP contribution in [0.1, 0.15) is 20.8 Å². The van der Waals surface area contributed by atoms with Gasteiger partial charge in [-0.05, 0) is 20.8 Å². The molecular formula is C11H24N6+2. The first-order chi connectivity index (χ1) is 8.28. The zero-order valence-corrected chi connectivity index (χ0v) is 10.9. The molecule has 0 aliphatic carbocycles. The number of rotatable bonds is 5. The maximum absolute atomic E-state index is 5.17. The van der Waals surface area contributed by atoms with Crippen molar-refractivity contribution in [3.8, 4) is 12.5 Å². The first kappa shape index (κ1) is 15.1. The van der Waals surface area contributed by atoms with Crippen molar-refractivity contribution in [3.05, 3.63) is 0 Å². The van der Waals surface area contributed by atoms with Crippen LogP contribution in [0.3, 0.4) is 0 Å². The summed E-state index contributed by atoms with van der Waals surface area (Å²) < 4.78 is 0. The van der Waals surface area contributed by atoms with Gasteiger partial charge in [0.1, 0.15) is 0 Å². The van der Waals surface area contributed by atoms with Crippen molar-refractivity contribution in [1.29, 1.82) is 0 Å². The van der Waals surface area contributed by atoms with Gasteiger partial charge >= 0.3 is 11.9 Å².